The molecular formula is C40H38N4. The Hall–Kier alpha value is -4.62. The topological polar surface area (TPSA) is 62.5 Å². The first-order chi connectivity index (χ1) is 21.7. The van der Waals surface area contributed by atoms with Gasteiger partial charge >= 0.3 is 0 Å². The zero-order chi connectivity index (χ0) is 29.7. The zero-order valence-electron chi connectivity index (χ0n) is 25.3. The van der Waals surface area contributed by atoms with Crippen molar-refractivity contribution in [3.8, 4) is 51.4 Å². The summed E-state index contributed by atoms with van der Waals surface area (Å²) in [6, 6.07) is 36.1. The van der Waals surface area contributed by atoms with E-state index in [0.29, 0.717) is 34.9 Å². The van der Waals surface area contributed by atoms with Crippen LogP contribution in [0.25, 0.3) is 45.3 Å². The molecule has 5 aromatic rings. The van der Waals surface area contributed by atoms with Gasteiger partial charge in [0.1, 0.15) is 0 Å². The lowest BCUT2D eigenvalue weighted by atomic mass is 9.84. The molecule has 2 fully saturated rings. The van der Waals surface area contributed by atoms with Crippen molar-refractivity contribution >= 4 is 0 Å². The van der Waals surface area contributed by atoms with Crippen LogP contribution in [0.2, 0.25) is 0 Å². The zero-order valence-corrected chi connectivity index (χ0v) is 25.3. The second-order valence-corrected chi connectivity index (χ2v) is 12.5. The Labute approximate surface area is 260 Å². The first-order valence-electron chi connectivity index (χ1n) is 16.3. The first-order valence-corrected chi connectivity index (χ1v) is 16.3. The molecule has 0 bridgehead atoms. The normalized spacial score (nSPS) is 16.0. The summed E-state index contributed by atoms with van der Waals surface area (Å²) in [4.78, 5) is 15.1. The lowest BCUT2D eigenvalue weighted by Crippen LogP contribution is -2.05. The Morgan fingerprint density at radius 1 is 0.455 bits per heavy atom. The smallest absolute Gasteiger partial charge is 0.164 e. The third-order valence-corrected chi connectivity index (χ3v) is 9.59. The molecule has 0 spiro atoms. The van der Waals surface area contributed by atoms with Gasteiger partial charge in [-0.15, -0.1) is 0 Å². The molecule has 218 valence electrons. The van der Waals surface area contributed by atoms with E-state index in [4.69, 9.17) is 15.0 Å². The second kappa shape index (κ2) is 12.9. The van der Waals surface area contributed by atoms with Crippen LogP contribution in [0.1, 0.15) is 92.7 Å². The molecule has 0 aliphatic heterocycles. The highest BCUT2D eigenvalue weighted by atomic mass is 15.0. The first kappa shape index (κ1) is 28.2. The summed E-state index contributed by atoms with van der Waals surface area (Å²) in [5, 5.41) is 9.22. The van der Waals surface area contributed by atoms with E-state index >= 15 is 0 Å². The SMILES string of the molecule is N#Cc1ccc(-c2cccc(-c3nc(-c4ccc(C5CCCCC5)cc4)nc(-c4ccc(C5CCCCC5)cc4)n3)c2)cc1. The minimum atomic E-state index is 0.653. The maximum absolute atomic E-state index is 9.22. The van der Waals surface area contributed by atoms with Crippen LogP contribution in [-0.4, -0.2) is 15.0 Å². The molecule has 0 amide bonds. The van der Waals surface area contributed by atoms with Crippen molar-refractivity contribution in [1.82, 2.24) is 15.0 Å². The van der Waals surface area contributed by atoms with E-state index in [-0.39, 0.29) is 0 Å². The number of hydrogen-bond acceptors (Lipinski definition) is 4. The Balaban J connectivity index is 1.26. The van der Waals surface area contributed by atoms with Gasteiger partial charge < -0.3 is 0 Å². The number of nitriles is 1. The van der Waals surface area contributed by atoms with Gasteiger partial charge in [-0.3, -0.25) is 0 Å². The van der Waals surface area contributed by atoms with Crippen LogP contribution in [0, 0.1) is 11.3 Å². The maximum Gasteiger partial charge on any atom is 0.164 e. The largest absolute Gasteiger partial charge is 0.208 e. The van der Waals surface area contributed by atoms with Gasteiger partial charge in [-0.1, -0.05) is 117 Å². The molecule has 2 aliphatic rings. The molecule has 0 atom stereocenters. The summed E-state index contributed by atoms with van der Waals surface area (Å²) in [6.45, 7) is 0. The minimum absolute atomic E-state index is 0.653. The fraction of sp³-hybridized carbons (Fsp3) is 0.300. The van der Waals surface area contributed by atoms with Crippen LogP contribution in [0.15, 0.2) is 97.1 Å². The van der Waals surface area contributed by atoms with Gasteiger partial charge in [-0.2, -0.15) is 5.26 Å². The van der Waals surface area contributed by atoms with Crippen LogP contribution in [0.4, 0.5) is 0 Å². The van der Waals surface area contributed by atoms with Gasteiger partial charge in [0.15, 0.2) is 17.5 Å². The Bertz CT molecular complexity index is 1670. The monoisotopic (exact) mass is 574 g/mol. The summed E-state index contributed by atoms with van der Waals surface area (Å²) in [5.41, 5.74) is 8.58. The van der Waals surface area contributed by atoms with Crippen LogP contribution in [0.3, 0.4) is 0 Å². The standard InChI is InChI=1S/C40H38N4/c41-27-28-14-16-33(17-15-28)36-12-7-13-37(26-36)40-43-38(34-22-18-31(19-23-34)29-8-3-1-4-9-29)42-39(44-40)35-24-20-32(21-25-35)30-10-5-2-6-11-30/h7,12-26,29-30H,1-6,8-11H2. The maximum atomic E-state index is 9.22. The fourth-order valence-corrected chi connectivity index (χ4v) is 7.02. The summed E-state index contributed by atoms with van der Waals surface area (Å²) < 4.78 is 0. The van der Waals surface area contributed by atoms with E-state index in [1.165, 1.54) is 75.3 Å². The predicted octanol–water partition coefficient (Wildman–Crippen LogP) is 10.5. The van der Waals surface area contributed by atoms with Crippen molar-refractivity contribution in [1.29, 1.82) is 5.26 Å². The molecule has 1 aromatic heterocycles. The van der Waals surface area contributed by atoms with E-state index in [2.05, 4.69) is 72.8 Å². The van der Waals surface area contributed by atoms with Gasteiger partial charge in [-0.25, -0.2) is 15.0 Å². The molecule has 4 nitrogen and oxygen atoms in total. The summed E-state index contributed by atoms with van der Waals surface area (Å²) in [6.07, 6.45) is 13.2. The lowest BCUT2D eigenvalue weighted by Gasteiger charge is -2.22. The van der Waals surface area contributed by atoms with Crippen LogP contribution in [0.5, 0.6) is 0 Å². The van der Waals surface area contributed by atoms with Crippen molar-refractivity contribution in [2.75, 3.05) is 0 Å². The van der Waals surface area contributed by atoms with E-state index in [1.807, 2.05) is 30.3 Å². The molecule has 2 saturated carbocycles. The second-order valence-electron chi connectivity index (χ2n) is 12.5. The van der Waals surface area contributed by atoms with Crippen LogP contribution < -0.4 is 0 Å². The lowest BCUT2D eigenvalue weighted by molar-refractivity contribution is 0.443. The van der Waals surface area contributed by atoms with Gasteiger partial charge in [0.2, 0.25) is 0 Å². The highest BCUT2D eigenvalue weighted by molar-refractivity contribution is 5.73. The molecule has 0 unspecified atom stereocenters. The van der Waals surface area contributed by atoms with Crippen molar-refractivity contribution in [3.63, 3.8) is 0 Å². The average molecular weight is 575 g/mol. The molecule has 0 saturated heterocycles. The minimum Gasteiger partial charge on any atom is -0.208 e. The van der Waals surface area contributed by atoms with Gasteiger partial charge in [0.05, 0.1) is 11.6 Å². The van der Waals surface area contributed by atoms with Crippen molar-refractivity contribution in [2.45, 2.75) is 76.0 Å². The number of hydrogen-bond donors (Lipinski definition) is 0. The third kappa shape index (κ3) is 6.19. The fourth-order valence-electron chi connectivity index (χ4n) is 7.02. The Morgan fingerprint density at radius 2 is 0.886 bits per heavy atom. The van der Waals surface area contributed by atoms with Gasteiger partial charge in [-0.05, 0) is 78.0 Å². The molecule has 44 heavy (non-hydrogen) atoms. The Morgan fingerprint density at radius 3 is 1.36 bits per heavy atom. The quantitative estimate of drug-likeness (QED) is 0.202. The van der Waals surface area contributed by atoms with E-state index < -0.39 is 0 Å². The van der Waals surface area contributed by atoms with E-state index in [0.717, 1.165) is 27.8 Å². The van der Waals surface area contributed by atoms with Crippen molar-refractivity contribution < 1.29 is 0 Å². The molecule has 7 rings (SSSR count). The van der Waals surface area contributed by atoms with E-state index in [1.54, 1.807) is 0 Å². The molecule has 4 heteroatoms. The van der Waals surface area contributed by atoms with Gasteiger partial charge in [0, 0.05) is 16.7 Å². The summed E-state index contributed by atoms with van der Waals surface area (Å²) >= 11 is 0. The molecular weight excluding hydrogens is 536 g/mol. The summed E-state index contributed by atoms with van der Waals surface area (Å²) in [5.74, 6) is 3.37. The number of rotatable bonds is 6. The predicted molar refractivity (Wildman–Crippen MR) is 178 cm³/mol. The van der Waals surface area contributed by atoms with Crippen molar-refractivity contribution in [2.24, 2.45) is 0 Å². The number of aromatic nitrogens is 3. The highest BCUT2D eigenvalue weighted by Crippen LogP contribution is 2.35. The third-order valence-electron chi connectivity index (χ3n) is 9.59. The molecule has 4 aromatic carbocycles. The number of benzene rings is 4. The summed E-state index contributed by atoms with van der Waals surface area (Å²) in [7, 11) is 0. The Kier molecular flexibility index (Phi) is 8.28. The average Bonchev–Trinajstić information content (AvgIpc) is 3.12. The van der Waals surface area contributed by atoms with Gasteiger partial charge in [0.25, 0.3) is 0 Å². The van der Waals surface area contributed by atoms with Crippen molar-refractivity contribution in [3.05, 3.63) is 114 Å². The molecule has 1 heterocycles. The molecule has 2 aliphatic carbocycles. The highest BCUT2D eigenvalue weighted by Gasteiger charge is 2.18. The van der Waals surface area contributed by atoms with Crippen LogP contribution >= 0.6 is 0 Å². The molecule has 0 radical (unpaired) electrons. The van der Waals surface area contributed by atoms with E-state index in [9.17, 15) is 5.26 Å². The molecule has 0 N–H and O–H groups in total. The van der Waals surface area contributed by atoms with Crippen LogP contribution in [-0.2, 0) is 0 Å². The number of nitrogens with zero attached hydrogens (tertiary/aromatic N) is 4.